The van der Waals surface area contributed by atoms with Gasteiger partial charge >= 0.3 is 6.18 Å². The Morgan fingerprint density at radius 2 is 1.58 bits per heavy atom. The second kappa shape index (κ2) is 9.87. The SMILES string of the molecule is Nc1cc(NC(=O)c2cc(NC(=O)[C@H]3[C@H](c4ccc(F)c(C(F)(F)F)c4)C3(Cl)Cl)ccc2Cl)c(F)cc1F. The molecule has 4 rings (SSSR count). The van der Waals surface area contributed by atoms with Crippen molar-refractivity contribution in [3.8, 4) is 0 Å². The van der Waals surface area contributed by atoms with Crippen molar-refractivity contribution in [2.75, 3.05) is 16.4 Å². The Balaban J connectivity index is 1.53. The minimum absolute atomic E-state index is 0.0218. The lowest BCUT2D eigenvalue weighted by molar-refractivity contribution is -0.140. The molecule has 2 amide bonds. The molecule has 0 bridgehead atoms. The molecule has 0 saturated heterocycles. The first-order valence-corrected chi connectivity index (χ1v) is 11.7. The van der Waals surface area contributed by atoms with Crippen LogP contribution in [-0.2, 0) is 11.0 Å². The molecule has 38 heavy (non-hydrogen) atoms. The highest BCUT2D eigenvalue weighted by Gasteiger charge is 2.67. The van der Waals surface area contributed by atoms with Crippen molar-refractivity contribution in [3.05, 3.63) is 87.7 Å². The number of hydrogen-bond acceptors (Lipinski definition) is 3. The van der Waals surface area contributed by atoms with Crippen molar-refractivity contribution in [3.63, 3.8) is 0 Å². The monoisotopic (exact) mass is 595 g/mol. The Hall–Kier alpha value is -3.15. The van der Waals surface area contributed by atoms with Gasteiger partial charge in [-0.2, -0.15) is 13.2 Å². The van der Waals surface area contributed by atoms with E-state index in [2.05, 4.69) is 10.6 Å². The van der Waals surface area contributed by atoms with Crippen molar-refractivity contribution >= 4 is 63.7 Å². The highest BCUT2D eigenvalue weighted by atomic mass is 35.5. The standard InChI is InChI=1S/C24H14Cl3F6N3O2/c25-13-3-2-10(6-11(13)21(37)36-18-8-17(34)15(29)7-16(18)30)35-22(38)20-19(23(20,26)27)9-1-4-14(28)12(5-9)24(31,32)33/h1-8,19-20H,34H2,(H,35,38)(H,36,37)/t19-,20+/m0/s1. The summed E-state index contributed by atoms with van der Waals surface area (Å²) in [5, 5.41) is 4.55. The van der Waals surface area contributed by atoms with Crippen molar-refractivity contribution in [1.82, 2.24) is 0 Å². The van der Waals surface area contributed by atoms with Gasteiger partial charge in [-0.25, -0.2) is 13.2 Å². The van der Waals surface area contributed by atoms with Gasteiger partial charge in [0.1, 0.15) is 21.8 Å². The number of hydrogen-bond donors (Lipinski definition) is 3. The minimum atomic E-state index is -4.98. The summed E-state index contributed by atoms with van der Waals surface area (Å²) in [6.07, 6.45) is -4.98. The summed E-state index contributed by atoms with van der Waals surface area (Å²) in [6, 6.07) is 7.25. The van der Waals surface area contributed by atoms with E-state index in [-0.39, 0.29) is 21.8 Å². The van der Waals surface area contributed by atoms with Gasteiger partial charge in [0.05, 0.1) is 33.4 Å². The average Bonchev–Trinajstić information content (AvgIpc) is 3.40. The van der Waals surface area contributed by atoms with Gasteiger partial charge in [-0.15, -0.1) is 23.2 Å². The molecule has 0 heterocycles. The van der Waals surface area contributed by atoms with Crippen LogP contribution in [0, 0.1) is 23.4 Å². The smallest absolute Gasteiger partial charge is 0.396 e. The lowest BCUT2D eigenvalue weighted by Gasteiger charge is -2.11. The molecule has 0 aliphatic heterocycles. The number of rotatable bonds is 5. The topological polar surface area (TPSA) is 84.2 Å². The van der Waals surface area contributed by atoms with Gasteiger partial charge in [0.2, 0.25) is 5.91 Å². The van der Waals surface area contributed by atoms with Gasteiger partial charge < -0.3 is 16.4 Å². The lowest BCUT2D eigenvalue weighted by atomic mass is 10.0. The number of anilines is 3. The van der Waals surface area contributed by atoms with Crippen LogP contribution in [0.15, 0.2) is 48.5 Å². The summed E-state index contributed by atoms with van der Waals surface area (Å²) in [5.41, 5.74) is 2.74. The van der Waals surface area contributed by atoms with Crippen molar-refractivity contribution in [2.24, 2.45) is 5.92 Å². The molecule has 3 aromatic rings. The lowest BCUT2D eigenvalue weighted by Crippen LogP contribution is -2.18. The number of alkyl halides is 5. The van der Waals surface area contributed by atoms with Crippen LogP contribution in [0.2, 0.25) is 5.02 Å². The van der Waals surface area contributed by atoms with Gasteiger partial charge in [0, 0.05) is 17.7 Å². The molecular formula is C24H14Cl3F6N3O2. The van der Waals surface area contributed by atoms with E-state index in [0.717, 1.165) is 18.2 Å². The molecule has 4 N–H and O–H groups in total. The minimum Gasteiger partial charge on any atom is -0.396 e. The zero-order valence-corrected chi connectivity index (χ0v) is 20.8. The van der Waals surface area contributed by atoms with Gasteiger partial charge in [0.15, 0.2) is 0 Å². The highest BCUT2D eigenvalue weighted by Crippen LogP contribution is 2.65. The highest BCUT2D eigenvalue weighted by molar-refractivity contribution is 6.53. The molecule has 0 spiro atoms. The number of amides is 2. The van der Waals surface area contributed by atoms with Crippen LogP contribution in [0.1, 0.15) is 27.4 Å². The van der Waals surface area contributed by atoms with E-state index in [1.54, 1.807) is 0 Å². The van der Waals surface area contributed by atoms with E-state index in [4.69, 9.17) is 40.5 Å². The third kappa shape index (κ3) is 5.36. The molecule has 1 fully saturated rings. The number of nitrogens with one attached hydrogen (secondary N) is 2. The van der Waals surface area contributed by atoms with Gasteiger partial charge in [0.25, 0.3) is 5.91 Å². The first-order valence-electron chi connectivity index (χ1n) is 10.5. The second-order valence-electron chi connectivity index (χ2n) is 8.36. The van der Waals surface area contributed by atoms with Crippen LogP contribution in [0.5, 0.6) is 0 Å². The second-order valence-corrected chi connectivity index (χ2v) is 10.2. The van der Waals surface area contributed by atoms with Gasteiger partial charge in [-0.05, 0) is 42.0 Å². The summed E-state index contributed by atoms with van der Waals surface area (Å²) < 4.78 is 78.6. The molecule has 1 aliphatic rings. The third-order valence-electron chi connectivity index (χ3n) is 5.80. The Kier molecular flexibility index (Phi) is 7.24. The third-order valence-corrected chi connectivity index (χ3v) is 7.07. The fourth-order valence-corrected chi connectivity index (χ4v) is 4.90. The van der Waals surface area contributed by atoms with Crippen molar-refractivity contribution in [2.45, 2.75) is 16.4 Å². The summed E-state index contributed by atoms with van der Waals surface area (Å²) in [7, 11) is 0. The number of nitrogens with two attached hydrogens (primary N) is 1. The number of carbonyl (C=O) groups is 2. The maximum absolute atomic E-state index is 14.0. The number of halogens is 9. The molecule has 3 aromatic carbocycles. The summed E-state index contributed by atoms with van der Waals surface area (Å²) in [4.78, 5) is 25.6. The Morgan fingerprint density at radius 3 is 2.24 bits per heavy atom. The van der Waals surface area contributed by atoms with Crippen LogP contribution in [0.4, 0.5) is 43.4 Å². The maximum Gasteiger partial charge on any atom is 0.419 e. The molecule has 0 aromatic heterocycles. The van der Waals surface area contributed by atoms with Gasteiger partial charge in [-0.1, -0.05) is 17.7 Å². The van der Waals surface area contributed by atoms with E-state index in [9.17, 15) is 35.9 Å². The van der Waals surface area contributed by atoms with E-state index in [0.29, 0.717) is 18.2 Å². The van der Waals surface area contributed by atoms with Crippen LogP contribution in [0.3, 0.4) is 0 Å². The first-order chi connectivity index (χ1) is 17.6. The summed E-state index contributed by atoms with van der Waals surface area (Å²) >= 11 is 18.4. The molecule has 200 valence electrons. The van der Waals surface area contributed by atoms with Crippen LogP contribution < -0.4 is 16.4 Å². The normalized spacial score (nSPS) is 18.1. The molecule has 0 radical (unpaired) electrons. The summed E-state index contributed by atoms with van der Waals surface area (Å²) in [6.45, 7) is 0. The molecule has 0 unspecified atom stereocenters. The van der Waals surface area contributed by atoms with Gasteiger partial charge in [-0.3, -0.25) is 9.59 Å². The number of carbonyl (C=O) groups excluding carboxylic acids is 2. The van der Waals surface area contributed by atoms with E-state index in [1.165, 1.54) is 12.1 Å². The van der Waals surface area contributed by atoms with Crippen LogP contribution in [0.25, 0.3) is 0 Å². The zero-order valence-electron chi connectivity index (χ0n) is 18.6. The van der Waals surface area contributed by atoms with Crippen LogP contribution >= 0.6 is 34.8 Å². The molecule has 14 heteroatoms. The Morgan fingerprint density at radius 1 is 0.895 bits per heavy atom. The van der Waals surface area contributed by atoms with E-state index < -0.39 is 68.5 Å². The maximum atomic E-state index is 14.0. The number of nitrogen functional groups attached to an aromatic ring is 1. The molecule has 1 aliphatic carbocycles. The fraction of sp³-hybridized carbons (Fsp3) is 0.167. The van der Waals surface area contributed by atoms with Crippen molar-refractivity contribution < 1.29 is 35.9 Å². The first kappa shape index (κ1) is 27.9. The number of benzene rings is 3. The van der Waals surface area contributed by atoms with Crippen LogP contribution in [-0.4, -0.2) is 16.1 Å². The predicted octanol–water partition coefficient (Wildman–Crippen LogP) is 7.14. The van der Waals surface area contributed by atoms with E-state index in [1.807, 2.05) is 0 Å². The average molecular weight is 597 g/mol. The fourth-order valence-electron chi connectivity index (χ4n) is 3.87. The Labute approximate surface area is 225 Å². The summed E-state index contributed by atoms with van der Waals surface area (Å²) in [5.74, 6) is -7.64. The Bertz CT molecular complexity index is 1470. The largest absolute Gasteiger partial charge is 0.419 e. The quantitative estimate of drug-likeness (QED) is 0.166. The predicted molar refractivity (Wildman–Crippen MR) is 131 cm³/mol. The molecule has 1 saturated carbocycles. The van der Waals surface area contributed by atoms with Crippen molar-refractivity contribution in [1.29, 1.82) is 0 Å². The van der Waals surface area contributed by atoms with E-state index >= 15 is 0 Å². The molecule has 5 nitrogen and oxygen atoms in total. The molecule has 2 atom stereocenters. The molecular weight excluding hydrogens is 583 g/mol. The zero-order chi connectivity index (χ0) is 28.2.